The predicted molar refractivity (Wildman–Crippen MR) is 104 cm³/mol. The first-order valence-corrected chi connectivity index (χ1v) is 10.5. The summed E-state index contributed by atoms with van der Waals surface area (Å²) in [6.07, 6.45) is 7.44. The highest BCUT2D eigenvalue weighted by molar-refractivity contribution is 5.94. The van der Waals surface area contributed by atoms with E-state index in [0.717, 1.165) is 69.5 Å². The van der Waals surface area contributed by atoms with Gasteiger partial charge in [-0.05, 0) is 63.3 Å². The quantitative estimate of drug-likeness (QED) is 0.815. The maximum Gasteiger partial charge on any atom is 0.254 e. The van der Waals surface area contributed by atoms with E-state index in [9.17, 15) is 9.59 Å². The fraction of sp³-hybridized carbons (Fsp3) is 0.636. The largest absolute Gasteiger partial charge is 0.490 e. The van der Waals surface area contributed by atoms with Gasteiger partial charge >= 0.3 is 0 Å². The summed E-state index contributed by atoms with van der Waals surface area (Å²) in [5.74, 6) is 1.57. The van der Waals surface area contributed by atoms with E-state index < -0.39 is 0 Å². The average Bonchev–Trinajstić information content (AvgIpc) is 3.54. The van der Waals surface area contributed by atoms with E-state index in [1.807, 2.05) is 34.1 Å². The number of nitrogens with zero attached hydrogens (tertiary/aromatic N) is 2. The van der Waals surface area contributed by atoms with Crippen LogP contribution in [-0.2, 0) is 4.79 Å². The smallest absolute Gasteiger partial charge is 0.254 e. The predicted octanol–water partition coefficient (Wildman–Crippen LogP) is 3.48. The van der Waals surface area contributed by atoms with Crippen LogP contribution < -0.4 is 4.74 Å². The highest BCUT2D eigenvalue weighted by Crippen LogP contribution is 2.32. The van der Waals surface area contributed by atoms with Gasteiger partial charge in [0.25, 0.3) is 5.91 Å². The van der Waals surface area contributed by atoms with Crippen LogP contribution in [0.15, 0.2) is 24.3 Å². The molecule has 0 radical (unpaired) electrons. The minimum absolute atomic E-state index is 0.126. The molecule has 2 heterocycles. The molecule has 0 bridgehead atoms. The first kappa shape index (κ1) is 18.3. The van der Waals surface area contributed by atoms with E-state index in [4.69, 9.17) is 4.74 Å². The molecule has 2 amide bonds. The zero-order valence-electron chi connectivity index (χ0n) is 16.2. The number of amides is 2. The molecule has 1 aromatic carbocycles. The van der Waals surface area contributed by atoms with Crippen molar-refractivity contribution in [1.29, 1.82) is 0 Å². The number of hydrogen-bond acceptors (Lipinski definition) is 3. The first-order chi connectivity index (χ1) is 13.1. The fourth-order valence-corrected chi connectivity index (χ4v) is 4.22. The summed E-state index contributed by atoms with van der Waals surface area (Å²) < 4.78 is 6.10. The lowest BCUT2D eigenvalue weighted by molar-refractivity contribution is -0.134. The van der Waals surface area contributed by atoms with Crippen molar-refractivity contribution >= 4 is 11.8 Å². The Morgan fingerprint density at radius 1 is 0.926 bits per heavy atom. The van der Waals surface area contributed by atoms with Gasteiger partial charge < -0.3 is 14.5 Å². The number of ether oxygens (including phenoxy) is 1. The molecule has 1 unspecified atom stereocenters. The second-order valence-corrected chi connectivity index (χ2v) is 8.28. The Bertz CT molecular complexity index is 675. The monoisotopic (exact) mass is 370 g/mol. The Labute approximate surface area is 161 Å². The van der Waals surface area contributed by atoms with Crippen LogP contribution in [0, 0.1) is 5.92 Å². The number of carbonyl (C=O) groups is 2. The van der Waals surface area contributed by atoms with Crippen LogP contribution in [0.3, 0.4) is 0 Å². The Balaban J connectivity index is 1.29. The van der Waals surface area contributed by atoms with Gasteiger partial charge in [0.15, 0.2) is 0 Å². The molecule has 5 heteroatoms. The highest BCUT2D eigenvalue weighted by atomic mass is 16.5. The maximum atomic E-state index is 12.7. The standard InChI is InChI=1S/C22H30N2O3/c1-16-4-2-3-13-24(16)22(26)18-7-9-19(10-8-18)27-20-11-14-23(15-12-20)21(25)17-5-6-17/h7-10,16-17,20H,2-6,11-15H2,1H3. The van der Waals surface area contributed by atoms with E-state index in [1.54, 1.807) is 0 Å². The van der Waals surface area contributed by atoms with Crippen molar-refractivity contribution < 1.29 is 14.3 Å². The summed E-state index contributed by atoms with van der Waals surface area (Å²) in [4.78, 5) is 28.8. The molecule has 1 atom stereocenters. The fourth-order valence-electron chi connectivity index (χ4n) is 4.22. The van der Waals surface area contributed by atoms with Crippen LogP contribution >= 0.6 is 0 Å². The Morgan fingerprint density at radius 3 is 2.26 bits per heavy atom. The molecule has 0 aromatic heterocycles. The summed E-state index contributed by atoms with van der Waals surface area (Å²) in [6.45, 7) is 4.58. The minimum atomic E-state index is 0.126. The first-order valence-electron chi connectivity index (χ1n) is 10.5. The molecule has 146 valence electrons. The number of rotatable bonds is 4. The maximum absolute atomic E-state index is 12.7. The molecule has 27 heavy (non-hydrogen) atoms. The molecule has 1 saturated carbocycles. The van der Waals surface area contributed by atoms with Gasteiger partial charge in [0.05, 0.1) is 0 Å². The number of hydrogen-bond donors (Lipinski definition) is 0. The van der Waals surface area contributed by atoms with Crippen molar-refractivity contribution in [3.05, 3.63) is 29.8 Å². The van der Waals surface area contributed by atoms with Gasteiger partial charge in [-0.3, -0.25) is 9.59 Å². The molecule has 0 N–H and O–H groups in total. The molecule has 5 nitrogen and oxygen atoms in total. The molecule has 4 rings (SSSR count). The van der Waals surface area contributed by atoms with Gasteiger partial charge in [0.2, 0.25) is 5.91 Å². The van der Waals surface area contributed by atoms with Crippen molar-refractivity contribution in [3.8, 4) is 5.75 Å². The summed E-state index contributed by atoms with van der Waals surface area (Å²) in [5.41, 5.74) is 0.737. The normalized spacial score (nSPS) is 24.0. The van der Waals surface area contributed by atoms with Gasteiger partial charge in [0.1, 0.15) is 11.9 Å². The summed E-state index contributed by atoms with van der Waals surface area (Å²) in [6, 6.07) is 7.90. The number of likely N-dealkylation sites (tertiary alicyclic amines) is 2. The van der Waals surface area contributed by atoms with Crippen LogP contribution in [-0.4, -0.2) is 53.4 Å². The van der Waals surface area contributed by atoms with E-state index in [1.165, 1.54) is 6.42 Å². The number of piperidine rings is 2. The molecular weight excluding hydrogens is 340 g/mol. The van der Waals surface area contributed by atoms with E-state index in [-0.39, 0.29) is 12.0 Å². The van der Waals surface area contributed by atoms with Gasteiger partial charge in [-0.1, -0.05) is 0 Å². The molecule has 0 spiro atoms. The van der Waals surface area contributed by atoms with Gasteiger partial charge in [-0.15, -0.1) is 0 Å². The Hall–Kier alpha value is -2.04. The lowest BCUT2D eigenvalue weighted by atomic mass is 10.0. The summed E-state index contributed by atoms with van der Waals surface area (Å²) in [5, 5.41) is 0. The third-order valence-electron chi connectivity index (χ3n) is 6.15. The molecule has 2 aliphatic heterocycles. The van der Waals surface area contributed by atoms with Crippen molar-refractivity contribution in [3.63, 3.8) is 0 Å². The second kappa shape index (κ2) is 7.91. The average molecular weight is 370 g/mol. The number of benzene rings is 1. The third kappa shape index (κ3) is 4.28. The molecule has 1 aliphatic carbocycles. The lowest BCUT2D eigenvalue weighted by Crippen LogP contribution is -2.42. The molecule has 2 saturated heterocycles. The highest BCUT2D eigenvalue weighted by Gasteiger charge is 2.35. The lowest BCUT2D eigenvalue weighted by Gasteiger charge is -2.33. The summed E-state index contributed by atoms with van der Waals surface area (Å²) >= 11 is 0. The van der Waals surface area contributed by atoms with E-state index in [0.29, 0.717) is 17.9 Å². The zero-order chi connectivity index (χ0) is 18.8. The minimum Gasteiger partial charge on any atom is -0.490 e. The van der Waals surface area contributed by atoms with Crippen LogP contribution in [0.4, 0.5) is 0 Å². The zero-order valence-corrected chi connectivity index (χ0v) is 16.2. The molecule has 3 aliphatic rings. The van der Waals surface area contributed by atoms with E-state index >= 15 is 0 Å². The van der Waals surface area contributed by atoms with Crippen molar-refractivity contribution in [1.82, 2.24) is 9.80 Å². The third-order valence-corrected chi connectivity index (χ3v) is 6.15. The topological polar surface area (TPSA) is 49.9 Å². The van der Waals surface area contributed by atoms with Crippen molar-refractivity contribution in [2.24, 2.45) is 5.92 Å². The second-order valence-electron chi connectivity index (χ2n) is 8.28. The SMILES string of the molecule is CC1CCCCN1C(=O)c1ccc(OC2CCN(C(=O)C3CC3)CC2)cc1. The van der Waals surface area contributed by atoms with Crippen LogP contribution in [0.2, 0.25) is 0 Å². The molecular formula is C22H30N2O3. The van der Waals surface area contributed by atoms with Gasteiger partial charge in [-0.2, -0.15) is 0 Å². The van der Waals surface area contributed by atoms with Gasteiger partial charge in [0, 0.05) is 50.0 Å². The van der Waals surface area contributed by atoms with Crippen molar-refractivity contribution in [2.45, 2.75) is 64.0 Å². The van der Waals surface area contributed by atoms with Crippen molar-refractivity contribution in [2.75, 3.05) is 19.6 Å². The summed E-state index contributed by atoms with van der Waals surface area (Å²) in [7, 11) is 0. The van der Waals surface area contributed by atoms with E-state index in [2.05, 4.69) is 6.92 Å². The van der Waals surface area contributed by atoms with Gasteiger partial charge in [-0.25, -0.2) is 0 Å². The molecule has 1 aromatic rings. The Kier molecular flexibility index (Phi) is 5.37. The molecule has 3 fully saturated rings. The Morgan fingerprint density at radius 2 is 1.63 bits per heavy atom. The number of carbonyl (C=O) groups excluding carboxylic acids is 2. The van der Waals surface area contributed by atoms with Crippen LogP contribution in [0.5, 0.6) is 5.75 Å². The van der Waals surface area contributed by atoms with Crippen LogP contribution in [0.1, 0.15) is 62.2 Å². The van der Waals surface area contributed by atoms with Crippen LogP contribution in [0.25, 0.3) is 0 Å².